The summed E-state index contributed by atoms with van der Waals surface area (Å²) in [6.45, 7) is 0.724. The Bertz CT molecular complexity index is 980. The lowest BCUT2D eigenvalue weighted by Crippen LogP contribution is -2.33. The van der Waals surface area contributed by atoms with Crippen molar-refractivity contribution in [3.05, 3.63) is 32.6 Å². The first-order valence-corrected chi connectivity index (χ1v) is 11.7. The molecule has 160 valence electrons. The predicted octanol–water partition coefficient (Wildman–Crippen LogP) is -2.66. The van der Waals surface area contributed by atoms with Crippen LogP contribution in [-0.2, 0) is 31.6 Å². The van der Waals surface area contributed by atoms with Crippen molar-refractivity contribution in [1.82, 2.24) is 9.55 Å². The van der Waals surface area contributed by atoms with Gasteiger partial charge in [-0.25, -0.2) is 9.11 Å². The largest absolute Gasteiger partial charge is 0.790 e. The number of aryl methyl sites for hydroxylation is 1. The molecule has 1 aromatic rings. The Morgan fingerprint density at radius 1 is 1.14 bits per heavy atom. The zero-order chi connectivity index (χ0) is 21.3. The maximum absolute atomic E-state index is 11.8. The van der Waals surface area contributed by atoms with Crippen LogP contribution in [0, 0.1) is 6.92 Å². The molecule has 1 aliphatic rings. The maximum Gasteiger partial charge on any atom is 0.330 e. The number of rotatable bonds is 8. The lowest BCUT2D eigenvalue weighted by atomic mass is 10.2. The van der Waals surface area contributed by atoms with Gasteiger partial charge in [-0.15, -0.1) is 0 Å². The lowest BCUT2D eigenvalue weighted by molar-refractivity contribution is -0.339. The second kappa shape index (κ2) is 8.42. The summed E-state index contributed by atoms with van der Waals surface area (Å²) < 4.78 is 50.0. The summed E-state index contributed by atoms with van der Waals surface area (Å²) in [6, 6.07) is 0. The lowest BCUT2D eigenvalue weighted by Gasteiger charge is -2.37. The summed E-state index contributed by atoms with van der Waals surface area (Å²) in [7, 11) is -17.7. The molecular formula is C10H13N2O13P3-4. The number of phosphoric acid groups is 3. The molecule has 0 aliphatic carbocycles. The molecule has 1 aromatic heterocycles. The van der Waals surface area contributed by atoms with Gasteiger partial charge in [0.2, 0.25) is 0 Å². The molecule has 2 unspecified atom stereocenters. The average Bonchev–Trinajstić information content (AvgIpc) is 2.94. The van der Waals surface area contributed by atoms with E-state index in [0.717, 1.165) is 4.57 Å². The minimum absolute atomic E-state index is 0.192. The van der Waals surface area contributed by atoms with Gasteiger partial charge < -0.3 is 33.4 Å². The van der Waals surface area contributed by atoms with E-state index in [1.165, 1.54) is 13.1 Å². The van der Waals surface area contributed by atoms with E-state index in [4.69, 9.17) is 4.74 Å². The van der Waals surface area contributed by atoms with Crippen LogP contribution in [0.15, 0.2) is 15.8 Å². The molecule has 18 heteroatoms. The van der Waals surface area contributed by atoms with Gasteiger partial charge in [-0.1, -0.05) is 0 Å². The molecule has 1 saturated heterocycles. The summed E-state index contributed by atoms with van der Waals surface area (Å²) in [5.41, 5.74) is -1.08. The highest BCUT2D eigenvalue weighted by Gasteiger charge is 2.30. The third kappa shape index (κ3) is 6.83. The van der Waals surface area contributed by atoms with Crippen molar-refractivity contribution in [2.45, 2.75) is 32.1 Å². The fourth-order valence-electron chi connectivity index (χ4n) is 2.27. The zero-order valence-corrected chi connectivity index (χ0v) is 16.6. The van der Waals surface area contributed by atoms with E-state index in [2.05, 4.69) is 18.1 Å². The Hall–Kier alpha value is -0.950. The SMILES string of the molecule is Cc1cn([C@H]2CC[C@@H](COP(=O)([O-])OP(=O)([O-])OP(=O)([O-])[O-])O2)c(=O)[nH]c1=O. The number of aromatic amines is 1. The predicted molar refractivity (Wildman–Crippen MR) is 80.1 cm³/mol. The number of ether oxygens (including phenoxy) is 1. The summed E-state index contributed by atoms with van der Waals surface area (Å²) >= 11 is 0. The van der Waals surface area contributed by atoms with E-state index in [0.29, 0.717) is 0 Å². The van der Waals surface area contributed by atoms with Gasteiger partial charge in [-0.2, -0.15) is 0 Å². The zero-order valence-electron chi connectivity index (χ0n) is 13.9. The van der Waals surface area contributed by atoms with Gasteiger partial charge in [0.05, 0.1) is 20.5 Å². The average molecular weight is 462 g/mol. The van der Waals surface area contributed by atoms with Gasteiger partial charge >= 0.3 is 5.69 Å². The molecule has 2 rings (SSSR count). The number of hydrogen-bond donors (Lipinski definition) is 1. The van der Waals surface area contributed by atoms with Crippen molar-refractivity contribution in [2.75, 3.05) is 6.61 Å². The highest BCUT2D eigenvalue weighted by Crippen LogP contribution is 2.60. The Kier molecular flexibility index (Phi) is 7.02. The Balaban J connectivity index is 1.95. The summed E-state index contributed by atoms with van der Waals surface area (Å²) in [5, 5.41) is 0. The van der Waals surface area contributed by atoms with Crippen molar-refractivity contribution in [3.8, 4) is 0 Å². The second-order valence-electron chi connectivity index (χ2n) is 5.57. The van der Waals surface area contributed by atoms with E-state index in [-0.39, 0.29) is 18.4 Å². The standard InChI is InChI=1S/C10H17N2O13P3/c1-6-4-12(10(14)11-9(6)13)8-3-2-7(23-8)5-22-27(18,19)25-28(20,21)24-26(15,16)17/h4,7-8H,2-3,5H2,1H3,(H,18,19)(H,20,21)(H,11,13,14)(H2,15,16,17)/p-4/t7-,8+/m0/s1. The number of nitrogens with zero attached hydrogens (tertiary/aromatic N) is 1. The van der Waals surface area contributed by atoms with Crippen LogP contribution >= 0.6 is 23.5 Å². The number of aromatic nitrogens is 2. The molecule has 15 nitrogen and oxygen atoms in total. The smallest absolute Gasteiger partial charge is 0.330 e. The van der Waals surface area contributed by atoms with Gasteiger partial charge in [0.1, 0.15) is 6.23 Å². The number of phosphoric ester groups is 1. The molecule has 0 spiro atoms. The highest BCUT2D eigenvalue weighted by atomic mass is 31.3. The van der Waals surface area contributed by atoms with Crippen LogP contribution in [0.1, 0.15) is 24.6 Å². The molecule has 2 heterocycles. The number of hydrogen-bond acceptors (Lipinski definition) is 13. The summed E-state index contributed by atoms with van der Waals surface area (Å²) in [5.74, 6) is 0. The van der Waals surface area contributed by atoms with Crippen molar-refractivity contribution < 1.29 is 51.2 Å². The molecule has 1 aliphatic heterocycles. The fourth-order valence-corrected chi connectivity index (χ4v) is 5.16. The van der Waals surface area contributed by atoms with Gasteiger partial charge in [0.25, 0.3) is 21.2 Å². The molecule has 1 N–H and O–H groups in total. The molecule has 0 aromatic carbocycles. The third-order valence-electron chi connectivity index (χ3n) is 3.36. The van der Waals surface area contributed by atoms with Gasteiger partial charge in [0, 0.05) is 11.8 Å². The van der Waals surface area contributed by atoms with E-state index in [1.54, 1.807) is 0 Å². The first kappa shape index (κ1) is 23.3. The molecular weight excluding hydrogens is 449 g/mol. The van der Waals surface area contributed by atoms with Gasteiger partial charge in [-0.05, 0) is 19.8 Å². The fraction of sp³-hybridized carbons (Fsp3) is 0.600. The van der Waals surface area contributed by atoms with Crippen LogP contribution in [0.5, 0.6) is 0 Å². The van der Waals surface area contributed by atoms with E-state index in [1.807, 2.05) is 0 Å². The van der Waals surface area contributed by atoms with Crippen LogP contribution < -0.4 is 30.8 Å². The summed E-state index contributed by atoms with van der Waals surface area (Å²) in [6.07, 6.45) is -0.0677. The third-order valence-corrected chi connectivity index (χ3v) is 7.03. The van der Waals surface area contributed by atoms with Crippen molar-refractivity contribution >= 4 is 23.5 Å². The maximum atomic E-state index is 11.8. The Morgan fingerprint density at radius 2 is 1.79 bits per heavy atom. The molecule has 0 amide bonds. The molecule has 1 fully saturated rings. The summed E-state index contributed by atoms with van der Waals surface area (Å²) in [4.78, 5) is 68.2. The Labute approximate surface area is 156 Å². The number of nitrogens with one attached hydrogen (secondary N) is 1. The second-order valence-corrected chi connectivity index (χ2v) is 9.82. The monoisotopic (exact) mass is 462 g/mol. The quantitative estimate of drug-likeness (QED) is 0.389. The van der Waals surface area contributed by atoms with Crippen molar-refractivity contribution in [3.63, 3.8) is 0 Å². The van der Waals surface area contributed by atoms with E-state index in [9.17, 15) is 42.9 Å². The number of H-pyrrole nitrogens is 1. The van der Waals surface area contributed by atoms with E-state index < -0.39 is 53.7 Å². The minimum Gasteiger partial charge on any atom is -0.790 e. The first-order chi connectivity index (χ1) is 12.7. The molecule has 0 radical (unpaired) electrons. The van der Waals surface area contributed by atoms with Crippen LogP contribution in [0.3, 0.4) is 0 Å². The van der Waals surface area contributed by atoms with Crippen LogP contribution in [0.25, 0.3) is 0 Å². The first-order valence-electron chi connectivity index (χ1n) is 7.36. The Morgan fingerprint density at radius 3 is 2.39 bits per heavy atom. The molecule has 28 heavy (non-hydrogen) atoms. The van der Waals surface area contributed by atoms with Crippen LogP contribution in [0.2, 0.25) is 0 Å². The van der Waals surface area contributed by atoms with E-state index >= 15 is 0 Å². The van der Waals surface area contributed by atoms with Crippen LogP contribution in [0.4, 0.5) is 0 Å². The topological polar surface area (TPSA) is 235 Å². The van der Waals surface area contributed by atoms with Crippen molar-refractivity contribution in [2.24, 2.45) is 0 Å². The minimum atomic E-state index is -6.07. The molecule has 4 atom stereocenters. The van der Waals surface area contributed by atoms with Crippen molar-refractivity contribution in [1.29, 1.82) is 0 Å². The van der Waals surface area contributed by atoms with Gasteiger partial charge in [0.15, 0.2) is 0 Å². The molecule has 0 saturated carbocycles. The van der Waals surface area contributed by atoms with Gasteiger partial charge in [-0.3, -0.25) is 27.8 Å². The highest BCUT2D eigenvalue weighted by molar-refractivity contribution is 7.64. The van der Waals surface area contributed by atoms with Crippen LogP contribution in [-0.4, -0.2) is 22.3 Å². The molecule has 0 bridgehead atoms. The normalized spacial score (nSPS) is 24.6.